The minimum Gasteiger partial charge on any atom is -0.497 e. The molecule has 31 heavy (non-hydrogen) atoms. The third kappa shape index (κ3) is 3.87. The second-order valence-corrected chi connectivity index (χ2v) is 8.20. The Kier molecular flexibility index (Phi) is 5.43. The molecule has 1 saturated carbocycles. The summed E-state index contributed by atoms with van der Waals surface area (Å²) >= 11 is 0. The van der Waals surface area contributed by atoms with Crippen LogP contribution in [0.2, 0.25) is 0 Å². The maximum absolute atomic E-state index is 13.4. The molecular formula is C22H27N5O4. The Morgan fingerprint density at radius 2 is 1.87 bits per heavy atom. The summed E-state index contributed by atoms with van der Waals surface area (Å²) in [6, 6.07) is 7.77. The summed E-state index contributed by atoms with van der Waals surface area (Å²) in [7, 11) is 4.61. The number of carbonyl (C=O) groups is 1. The summed E-state index contributed by atoms with van der Waals surface area (Å²) in [5.41, 5.74) is 0.632. The number of fused-ring (bicyclic) bond motifs is 1. The Morgan fingerprint density at radius 1 is 1.19 bits per heavy atom. The second-order valence-electron chi connectivity index (χ2n) is 8.20. The molecule has 4 rings (SSSR count). The Labute approximate surface area is 179 Å². The molecule has 0 bridgehead atoms. The van der Waals surface area contributed by atoms with E-state index in [-0.39, 0.29) is 29.7 Å². The molecule has 0 aliphatic heterocycles. The smallest absolute Gasteiger partial charge is 0.332 e. The first-order chi connectivity index (χ1) is 14.8. The molecule has 1 amide bonds. The summed E-state index contributed by atoms with van der Waals surface area (Å²) in [5, 5.41) is 0. The topological polar surface area (TPSA) is 91.4 Å². The number of imidazole rings is 1. The van der Waals surface area contributed by atoms with Gasteiger partial charge in [0.2, 0.25) is 5.91 Å². The van der Waals surface area contributed by atoms with E-state index in [0.717, 1.165) is 28.7 Å². The lowest BCUT2D eigenvalue weighted by molar-refractivity contribution is -0.135. The molecule has 1 atom stereocenters. The average Bonchev–Trinajstić information content (AvgIpc) is 3.55. The van der Waals surface area contributed by atoms with Gasteiger partial charge >= 0.3 is 5.69 Å². The fourth-order valence-corrected chi connectivity index (χ4v) is 3.97. The van der Waals surface area contributed by atoms with E-state index in [9.17, 15) is 14.4 Å². The summed E-state index contributed by atoms with van der Waals surface area (Å²) in [5.74, 6) is 1.17. The van der Waals surface area contributed by atoms with Crippen LogP contribution in [0.5, 0.6) is 5.75 Å². The van der Waals surface area contributed by atoms with Crippen LogP contribution in [0.4, 0.5) is 0 Å². The van der Waals surface area contributed by atoms with Gasteiger partial charge in [0.25, 0.3) is 5.56 Å². The molecule has 1 aliphatic rings. The van der Waals surface area contributed by atoms with E-state index in [0.29, 0.717) is 12.5 Å². The van der Waals surface area contributed by atoms with Crippen LogP contribution in [0.15, 0.2) is 40.2 Å². The highest BCUT2D eigenvalue weighted by Crippen LogP contribution is 2.36. The predicted molar refractivity (Wildman–Crippen MR) is 116 cm³/mol. The third-order valence-electron chi connectivity index (χ3n) is 6.15. The zero-order chi connectivity index (χ0) is 22.3. The van der Waals surface area contributed by atoms with Crippen LogP contribution in [-0.4, -0.2) is 42.6 Å². The normalized spacial score (nSPS) is 14.6. The molecule has 1 fully saturated rings. The van der Waals surface area contributed by atoms with Crippen LogP contribution in [0.1, 0.15) is 25.3 Å². The molecule has 2 heterocycles. The molecule has 2 aromatic heterocycles. The van der Waals surface area contributed by atoms with Crippen molar-refractivity contribution in [3.8, 4) is 5.75 Å². The molecule has 1 aliphatic carbocycles. The van der Waals surface area contributed by atoms with Crippen molar-refractivity contribution in [3.63, 3.8) is 0 Å². The van der Waals surface area contributed by atoms with Gasteiger partial charge in [-0.2, -0.15) is 0 Å². The summed E-state index contributed by atoms with van der Waals surface area (Å²) in [4.78, 5) is 44.3. The van der Waals surface area contributed by atoms with E-state index in [1.165, 1.54) is 17.9 Å². The number of methoxy groups -OCH3 is 1. The van der Waals surface area contributed by atoms with Crippen molar-refractivity contribution in [1.29, 1.82) is 0 Å². The number of hydrogen-bond donors (Lipinski definition) is 0. The first-order valence-corrected chi connectivity index (χ1v) is 10.3. The Hall–Kier alpha value is -3.36. The molecule has 0 saturated heterocycles. The van der Waals surface area contributed by atoms with Crippen LogP contribution >= 0.6 is 0 Å². The molecular weight excluding hydrogens is 398 g/mol. The summed E-state index contributed by atoms with van der Waals surface area (Å²) in [6.45, 7) is 2.54. The summed E-state index contributed by atoms with van der Waals surface area (Å²) < 4.78 is 9.12. The minimum absolute atomic E-state index is 0.0167. The first-order valence-electron chi connectivity index (χ1n) is 10.3. The SMILES string of the molecule is COc1ccc(CN(C(=O)Cn2cnc3c2c(=O)n(C)c(=O)n3C)C(C)C2CC2)cc1. The van der Waals surface area contributed by atoms with E-state index >= 15 is 0 Å². The van der Waals surface area contributed by atoms with Gasteiger partial charge in [-0.05, 0) is 43.4 Å². The quantitative estimate of drug-likeness (QED) is 0.569. The highest BCUT2D eigenvalue weighted by molar-refractivity contribution is 5.79. The fraction of sp³-hybridized carbons (Fsp3) is 0.455. The van der Waals surface area contributed by atoms with Crippen LogP contribution < -0.4 is 16.0 Å². The van der Waals surface area contributed by atoms with Gasteiger partial charge in [-0.25, -0.2) is 9.78 Å². The van der Waals surface area contributed by atoms with Crippen molar-refractivity contribution < 1.29 is 9.53 Å². The molecule has 3 aromatic rings. The monoisotopic (exact) mass is 425 g/mol. The van der Waals surface area contributed by atoms with Crippen molar-refractivity contribution in [2.45, 2.75) is 38.9 Å². The van der Waals surface area contributed by atoms with Gasteiger partial charge in [0.1, 0.15) is 12.3 Å². The Bertz CT molecular complexity index is 1230. The molecule has 1 unspecified atom stereocenters. The van der Waals surface area contributed by atoms with E-state index in [2.05, 4.69) is 11.9 Å². The molecule has 164 valence electrons. The number of rotatable bonds is 7. The van der Waals surface area contributed by atoms with Crippen molar-refractivity contribution in [2.24, 2.45) is 20.0 Å². The van der Waals surface area contributed by atoms with Gasteiger partial charge in [0.15, 0.2) is 11.2 Å². The van der Waals surface area contributed by atoms with Crippen molar-refractivity contribution in [2.75, 3.05) is 7.11 Å². The van der Waals surface area contributed by atoms with Crippen LogP contribution in [0, 0.1) is 5.92 Å². The largest absolute Gasteiger partial charge is 0.497 e. The van der Waals surface area contributed by atoms with Crippen LogP contribution in [0.25, 0.3) is 11.2 Å². The lowest BCUT2D eigenvalue weighted by atomic mass is 10.1. The molecule has 0 radical (unpaired) electrons. The molecule has 0 spiro atoms. The van der Waals surface area contributed by atoms with Crippen molar-refractivity contribution in [1.82, 2.24) is 23.6 Å². The number of amides is 1. The number of benzene rings is 1. The standard InChI is InChI=1S/C22H27N5O4/c1-14(16-7-8-16)27(11-15-5-9-17(31-4)10-6-15)18(28)12-26-13-23-20-19(26)21(29)25(3)22(30)24(20)2/h5-6,9-10,13-14,16H,7-8,11-12H2,1-4H3. The number of hydrogen-bond acceptors (Lipinski definition) is 5. The zero-order valence-electron chi connectivity index (χ0n) is 18.2. The van der Waals surface area contributed by atoms with Crippen LogP contribution in [0.3, 0.4) is 0 Å². The molecule has 9 nitrogen and oxygen atoms in total. The highest BCUT2D eigenvalue weighted by Gasteiger charge is 2.34. The second kappa shape index (κ2) is 8.05. The Morgan fingerprint density at radius 3 is 2.48 bits per heavy atom. The number of carbonyl (C=O) groups excluding carboxylic acids is 1. The van der Waals surface area contributed by atoms with Gasteiger partial charge in [-0.1, -0.05) is 12.1 Å². The highest BCUT2D eigenvalue weighted by atomic mass is 16.5. The molecule has 0 N–H and O–H groups in total. The number of aryl methyl sites for hydroxylation is 1. The molecule has 1 aromatic carbocycles. The number of aromatic nitrogens is 4. The minimum atomic E-state index is -0.458. The van der Waals surface area contributed by atoms with Gasteiger partial charge in [-0.15, -0.1) is 0 Å². The van der Waals surface area contributed by atoms with E-state index in [1.807, 2.05) is 29.2 Å². The maximum atomic E-state index is 13.4. The third-order valence-corrected chi connectivity index (χ3v) is 6.15. The van der Waals surface area contributed by atoms with E-state index in [4.69, 9.17) is 4.74 Å². The number of ether oxygens (including phenoxy) is 1. The van der Waals surface area contributed by atoms with Gasteiger partial charge < -0.3 is 14.2 Å². The van der Waals surface area contributed by atoms with Crippen molar-refractivity contribution in [3.05, 3.63) is 57.0 Å². The van der Waals surface area contributed by atoms with Gasteiger partial charge in [0, 0.05) is 26.7 Å². The zero-order valence-corrected chi connectivity index (χ0v) is 18.2. The molecule has 9 heteroatoms. The predicted octanol–water partition coefficient (Wildman–Crippen LogP) is 1.27. The average molecular weight is 425 g/mol. The lowest BCUT2D eigenvalue weighted by Crippen LogP contribution is -2.42. The van der Waals surface area contributed by atoms with Crippen LogP contribution in [-0.2, 0) is 32.0 Å². The fourth-order valence-electron chi connectivity index (χ4n) is 3.97. The van der Waals surface area contributed by atoms with Gasteiger partial charge in [0.05, 0.1) is 13.4 Å². The maximum Gasteiger partial charge on any atom is 0.332 e. The lowest BCUT2D eigenvalue weighted by Gasteiger charge is -2.30. The number of nitrogens with zero attached hydrogens (tertiary/aromatic N) is 5. The van der Waals surface area contributed by atoms with Gasteiger partial charge in [-0.3, -0.25) is 18.7 Å². The Balaban J connectivity index is 1.64. The van der Waals surface area contributed by atoms with E-state index in [1.54, 1.807) is 18.7 Å². The van der Waals surface area contributed by atoms with E-state index < -0.39 is 11.2 Å². The van der Waals surface area contributed by atoms with Crippen molar-refractivity contribution >= 4 is 17.1 Å². The summed E-state index contributed by atoms with van der Waals surface area (Å²) in [6.07, 6.45) is 3.69. The first kappa shape index (κ1) is 20.9.